The molecule has 0 atom stereocenters. The summed E-state index contributed by atoms with van der Waals surface area (Å²) in [6.45, 7) is 0. The van der Waals surface area contributed by atoms with Crippen LogP contribution in [0.4, 0.5) is 5.69 Å². The molecular weight excluding hydrogens is 358 g/mol. The fourth-order valence-corrected chi connectivity index (χ4v) is 2.88. The summed E-state index contributed by atoms with van der Waals surface area (Å²) in [5.74, 6) is 0.676. The second-order valence-corrected chi connectivity index (χ2v) is 6.24. The topological polar surface area (TPSA) is 59.6 Å². The van der Waals surface area contributed by atoms with Gasteiger partial charge in [0.15, 0.2) is 5.57 Å². The number of rotatable bonds is 5. The molecule has 108 valence electrons. The van der Waals surface area contributed by atoms with Crippen molar-refractivity contribution in [3.8, 4) is 12.1 Å². The zero-order chi connectivity index (χ0) is 15.8. The first-order valence-corrected chi connectivity index (χ1v) is 8.24. The van der Waals surface area contributed by atoms with E-state index in [0.29, 0.717) is 10.8 Å². The van der Waals surface area contributed by atoms with Crippen molar-refractivity contribution in [2.75, 3.05) is 5.32 Å². The van der Waals surface area contributed by atoms with E-state index in [-0.39, 0.29) is 5.57 Å². The van der Waals surface area contributed by atoms with Crippen LogP contribution in [0.3, 0.4) is 0 Å². The number of nitrogens with zero attached hydrogens (tertiary/aromatic N) is 2. The van der Waals surface area contributed by atoms with Crippen molar-refractivity contribution in [3.05, 3.63) is 75.2 Å². The molecule has 0 aromatic heterocycles. The first-order valence-electron chi connectivity index (χ1n) is 6.46. The molecule has 0 saturated heterocycles. The number of halogens is 1. The summed E-state index contributed by atoms with van der Waals surface area (Å²) >= 11 is 4.84. The van der Waals surface area contributed by atoms with Crippen LogP contribution in [0, 0.1) is 22.7 Å². The highest BCUT2D eigenvalue weighted by molar-refractivity contribution is 9.10. The van der Waals surface area contributed by atoms with Crippen LogP contribution in [-0.2, 0) is 5.75 Å². The van der Waals surface area contributed by atoms with Crippen LogP contribution in [0.15, 0.2) is 69.7 Å². The summed E-state index contributed by atoms with van der Waals surface area (Å²) in [6.07, 6.45) is 0. The Morgan fingerprint density at radius 2 is 1.64 bits per heavy atom. The van der Waals surface area contributed by atoms with E-state index < -0.39 is 0 Å². The molecular formula is C17H12BrN3S. The Balaban J connectivity index is 2.16. The lowest BCUT2D eigenvalue weighted by Crippen LogP contribution is -2.00. The third-order valence-electron chi connectivity index (χ3n) is 2.78. The molecule has 0 aliphatic heterocycles. The predicted octanol–water partition coefficient (Wildman–Crippen LogP) is 5.05. The number of hydrogen-bond acceptors (Lipinski definition) is 4. The summed E-state index contributed by atoms with van der Waals surface area (Å²) in [5.41, 5.74) is 2.06. The van der Waals surface area contributed by atoms with Gasteiger partial charge in [0.1, 0.15) is 17.2 Å². The number of anilines is 1. The fraction of sp³-hybridized carbons (Fsp3) is 0.0588. The van der Waals surface area contributed by atoms with Crippen LogP contribution in [-0.4, -0.2) is 0 Å². The number of thioether (sulfide) groups is 1. The first-order chi connectivity index (χ1) is 10.7. The van der Waals surface area contributed by atoms with Crippen LogP contribution in [0.5, 0.6) is 0 Å². The number of allylic oxidation sites excluding steroid dienone is 1. The van der Waals surface area contributed by atoms with E-state index in [9.17, 15) is 0 Å². The third kappa shape index (κ3) is 4.66. The van der Waals surface area contributed by atoms with Gasteiger partial charge >= 0.3 is 0 Å². The Morgan fingerprint density at radius 3 is 2.23 bits per heavy atom. The second kappa shape index (κ2) is 8.29. The van der Waals surface area contributed by atoms with Crippen LogP contribution < -0.4 is 5.32 Å². The molecule has 3 nitrogen and oxygen atoms in total. The Kier molecular flexibility index (Phi) is 6.09. The highest BCUT2D eigenvalue weighted by atomic mass is 79.9. The van der Waals surface area contributed by atoms with Crippen molar-refractivity contribution < 1.29 is 0 Å². The van der Waals surface area contributed by atoms with Crippen molar-refractivity contribution >= 4 is 33.4 Å². The van der Waals surface area contributed by atoms with Crippen LogP contribution in [0.1, 0.15) is 5.56 Å². The van der Waals surface area contributed by atoms with Gasteiger partial charge < -0.3 is 5.32 Å². The molecule has 0 aliphatic rings. The molecule has 1 N–H and O–H groups in total. The largest absolute Gasteiger partial charge is 0.349 e. The minimum atomic E-state index is 0.0889. The number of nitrogens with one attached hydrogen (secondary N) is 1. The molecule has 0 bridgehead atoms. The number of benzene rings is 2. The zero-order valence-electron chi connectivity index (χ0n) is 11.6. The summed E-state index contributed by atoms with van der Waals surface area (Å²) in [6, 6.07) is 21.4. The maximum absolute atomic E-state index is 9.12. The number of nitriles is 2. The van der Waals surface area contributed by atoms with Crippen molar-refractivity contribution in [2.45, 2.75) is 5.75 Å². The van der Waals surface area contributed by atoms with E-state index >= 15 is 0 Å². The monoisotopic (exact) mass is 369 g/mol. The molecule has 2 aromatic carbocycles. The quantitative estimate of drug-likeness (QED) is 0.748. The Hall–Kier alpha value is -2.21. The zero-order valence-corrected chi connectivity index (χ0v) is 14.0. The summed E-state index contributed by atoms with van der Waals surface area (Å²) in [7, 11) is 0. The molecule has 0 heterocycles. The van der Waals surface area contributed by atoms with Gasteiger partial charge in [-0.25, -0.2) is 0 Å². The van der Waals surface area contributed by atoms with Gasteiger partial charge in [0, 0.05) is 15.9 Å². The Bertz CT molecular complexity index is 724. The molecule has 2 aromatic rings. The second-order valence-electron chi connectivity index (χ2n) is 4.33. The number of hydrogen-bond donors (Lipinski definition) is 1. The van der Waals surface area contributed by atoms with Crippen molar-refractivity contribution in [1.29, 1.82) is 10.5 Å². The van der Waals surface area contributed by atoms with E-state index in [4.69, 9.17) is 10.5 Å². The first kappa shape index (κ1) is 16.2. The van der Waals surface area contributed by atoms with Gasteiger partial charge in [-0.1, -0.05) is 46.3 Å². The van der Waals surface area contributed by atoms with Crippen molar-refractivity contribution in [1.82, 2.24) is 0 Å². The third-order valence-corrected chi connectivity index (χ3v) is 4.38. The average molecular weight is 370 g/mol. The average Bonchev–Trinajstić information content (AvgIpc) is 2.56. The van der Waals surface area contributed by atoms with Crippen LogP contribution in [0.2, 0.25) is 0 Å². The maximum Gasteiger partial charge on any atom is 0.159 e. The molecule has 0 saturated carbocycles. The molecule has 0 aliphatic carbocycles. The SMILES string of the molecule is N#CC(C#N)=C(Nc1ccccc1)SCc1ccc(Br)cc1. The highest BCUT2D eigenvalue weighted by Gasteiger charge is 2.08. The molecule has 22 heavy (non-hydrogen) atoms. The Labute approximate surface area is 142 Å². The molecule has 2 rings (SSSR count). The van der Waals surface area contributed by atoms with E-state index in [1.807, 2.05) is 66.7 Å². The minimum absolute atomic E-state index is 0.0889. The van der Waals surface area contributed by atoms with Crippen molar-refractivity contribution in [2.24, 2.45) is 0 Å². The lowest BCUT2D eigenvalue weighted by Gasteiger charge is -2.11. The molecule has 0 amide bonds. The molecule has 0 radical (unpaired) electrons. The van der Waals surface area contributed by atoms with Gasteiger partial charge in [-0.2, -0.15) is 10.5 Å². The summed E-state index contributed by atoms with van der Waals surface area (Å²) < 4.78 is 1.02. The lowest BCUT2D eigenvalue weighted by molar-refractivity contribution is 1.39. The normalized spacial score (nSPS) is 9.41. The van der Waals surface area contributed by atoms with Gasteiger partial charge in [0.05, 0.1) is 0 Å². The molecule has 0 unspecified atom stereocenters. The van der Waals surface area contributed by atoms with Crippen LogP contribution >= 0.6 is 27.7 Å². The number of para-hydroxylation sites is 1. The van der Waals surface area contributed by atoms with Gasteiger partial charge in [-0.15, -0.1) is 11.8 Å². The summed E-state index contributed by atoms with van der Waals surface area (Å²) in [4.78, 5) is 0. The van der Waals surface area contributed by atoms with E-state index in [1.165, 1.54) is 11.8 Å². The molecule has 0 fully saturated rings. The standard InChI is InChI=1S/C17H12BrN3S/c18-15-8-6-13(7-9-15)12-22-17(14(10-19)11-20)21-16-4-2-1-3-5-16/h1-9,21H,12H2. The summed E-state index contributed by atoms with van der Waals surface area (Å²) in [5, 5.41) is 22.0. The van der Waals surface area contributed by atoms with Crippen LogP contribution in [0.25, 0.3) is 0 Å². The van der Waals surface area contributed by atoms with E-state index in [1.54, 1.807) is 0 Å². The molecule has 0 spiro atoms. The minimum Gasteiger partial charge on any atom is -0.349 e. The Morgan fingerprint density at radius 1 is 1.00 bits per heavy atom. The van der Waals surface area contributed by atoms with Crippen molar-refractivity contribution in [3.63, 3.8) is 0 Å². The predicted molar refractivity (Wildman–Crippen MR) is 93.8 cm³/mol. The van der Waals surface area contributed by atoms with E-state index in [0.717, 1.165) is 15.7 Å². The van der Waals surface area contributed by atoms with Gasteiger partial charge in [-0.05, 0) is 29.8 Å². The lowest BCUT2D eigenvalue weighted by atomic mass is 10.2. The maximum atomic E-state index is 9.12. The van der Waals surface area contributed by atoms with Gasteiger partial charge in [0.25, 0.3) is 0 Å². The smallest absolute Gasteiger partial charge is 0.159 e. The van der Waals surface area contributed by atoms with Gasteiger partial charge in [-0.3, -0.25) is 0 Å². The highest BCUT2D eigenvalue weighted by Crippen LogP contribution is 2.26. The van der Waals surface area contributed by atoms with E-state index in [2.05, 4.69) is 21.2 Å². The fourth-order valence-electron chi connectivity index (χ4n) is 1.69. The van der Waals surface area contributed by atoms with Gasteiger partial charge in [0.2, 0.25) is 0 Å². The molecule has 5 heteroatoms.